The minimum atomic E-state index is -0.0147. The highest BCUT2D eigenvalue weighted by Gasteiger charge is 2.13. The maximum atomic E-state index is 12.4. The van der Waals surface area contributed by atoms with Gasteiger partial charge in [-0.1, -0.05) is 38.0 Å². The Morgan fingerprint density at radius 1 is 1.16 bits per heavy atom. The first-order chi connectivity index (χ1) is 12.2. The predicted molar refractivity (Wildman–Crippen MR) is 105 cm³/mol. The molecule has 0 saturated heterocycles. The average Bonchev–Trinajstić information content (AvgIpc) is 3.22. The molecule has 0 saturated carbocycles. The van der Waals surface area contributed by atoms with Gasteiger partial charge in [-0.2, -0.15) is 0 Å². The molecule has 0 radical (unpaired) electrons. The van der Waals surface area contributed by atoms with Crippen LogP contribution in [0, 0.1) is 6.92 Å². The van der Waals surface area contributed by atoms with E-state index in [2.05, 4.69) is 29.7 Å². The lowest BCUT2D eigenvalue weighted by atomic mass is 10.2. The molecule has 4 nitrogen and oxygen atoms in total. The Hall–Kier alpha value is -2.40. The summed E-state index contributed by atoms with van der Waals surface area (Å²) in [6.07, 6.45) is 5.33. The molecule has 0 amide bonds. The monoisotopic (exact) mass is 351 g/mol. The molecule has 0 bridgehead atoms. The number of nitrogens with zero attached hydrogens (tertiary/aromatic N) is 3. The van der Waals surface area contributed by atoms with Crippen molar-refractivity contribution in [2.24, 2.45) is 0 Å². The number of benzene rings is 1. The summed E-state index contributed by atoms with van der Waals surface area (Å²) in [5, 5.41) is 1.22. The zero-order chi connectivity index (χ0) is 17.4. The van der Waals surface area contributed by atoms with E-state index in [1.165, 1.54) is 22.9 Å². The number of unbranched alkanes of at least 4 members (excludes halogenated alkanes) is 2. The first kappa shape index (κ1) is 16.1. The molecule has 0 spiro atoms. The number of thiophene rings is 1. The third kappa shape index (κ3) is 2.89. The molecule has 0 unspecified atom stereocenters. The molecule has 0 aliphatic carbocycles. The Morgan fingerprint density at radius 2 is 2.00 bits per heavy atom. The summed E-state index contributed by atoms with van der Waals surface area (Å²) in [6.45, 7) is 5.08. The SMILES string of the molecule is CCCCCn1c(C)cc(=O)n2cc(-c3cc4ccccc4s3)nc12. The largest absolute Gasteiger partial charge is 0.315 e. The van der Waals surface area contributed by atoms with Crippen molar-refractivity contribution < 1.29 is 0 Å². The summed E-state index contributed by atoms with van der Waals surface area (Å²) in [4.78, 5) is 18.3. The van der Waals surface area contributed by atoms with Gasteiger partial charge in [0.15, 0.2) is 0 Å². The zero-order valence-electron chi connectivity index (χ0n) is 14.5. The molecule has 1 aromatic carbocycles. The lowest BCUT2D eigenvalue weighted by Crippen LogP contribution is -2.18. The second kappa shape index (κ2) is 6.48. The number of hydrogen-bond acceptors (Lipinski definition) is 3. The van der Waals surface area contributed by atoms with Crippen LogP contribution in [0.5, 0.6) is 0 Å². The third-order valence-corrected chi connectivity index (χ3v) is 5.73. The lowest BCUT2D eigenvalue weighted by molar-refractivity contribution is 0.590. The van der Waals surface area contributed by atoms with Crippen molar-refractivity contribution >= 4 is 27.2 Å². The molecule has 0 atom stereocenters. The van der Waals surface area contributed by atoms with Crippen molar-refractivity contribution in [3.63, 3.8) is 0 Å². The fraction of sp³-hybridized carbons (Fsp3) is 0.300. The minimum Gasteiger partial charge on any atom is -0.315 e. The molecule has 0 N–H and O–H groups in total. The Morgan fingerprint density at radius 3 is 2.80 bits per heavy atom. The van der Waals surface area contributed by atoms with E-state index >= 15 is 0 Å². The maximum absolute atomic E-state index is 12.4. The Labute approximate surface area is 150 Å². The minimum absolute atomic E-state index is 0.0147. The van der Waals surface area contributed by atoms with Crippen molar-refractivity contribution in [3.8, 4) is 10.6 Å². The van der Waals surface area contributed by atoms with Crippen molar-refractivity contribution in [2.45, 2.75) is 39.7 Å². The van der Waals surface area contributed by atoms with Gasteiger partial charge in [0, 0.05) is 29.2 Å². The number of fused-ring (bicyclic) bond motifs is 2. The van der Waals surface area contributed by atoms with Gasteiger partial charge in [0.25, 0.3) is 5.56 Å². The van der Waals surface area contributed by atoms with Crippen molar-refractivity contribution in [2.75, 3.05) is 0 Å². The van der Waals surface area contributed by atoms with E-state index in [0.717, 1.165) is 35.0 Å². The van der Waals surface area contributed by atoms with E-state index in [1.807, 2.05) is 25.3 Å². The molecule has 5 heteroatoms. The van der Waals surface area contributed by atoms with Crippen LogP contribution in [0.15, 0.2) is 47.4 Å². The van der Waals surface area contributed by atoms with E-state index in [4.69, 9.17) is 4.98 Å². The second-order valence-corrected chi connectivity index (χ2v) is 7.51. The summed E-state index contributed by atoms with van der Waals surface area (Å²) in [7, 11) is 0. The van der Waals surface area contributed by atoms with Gasteiger partial charge in [0.2, 0.25) is 5.78 Å². The molecule has 0 fully saturated rings. The smallest absolute Gasteiger partial charge is 0.259 e. The topological polar surface area (TPSA) is 39.3 Å². The van der Waals surface area contributed by atoms with Crippen LogP contribution in [0.25, 0.3) is 26.4 Å². The van der Waals surface area contributed by atoms with Gasteiger partial charge in [-0.05, 0) is 30.9 Å². The van der Waals surface area contributed by atoms with Gasteiger partial charge in [0.1, 0.15) is 5.69 Å². The Bertz CT molecular complexity index is 1070. The van der Waals surface area contributed by atoms with Crippen LogP contribution in [0.2, 0.25) is 0 Å². The molecule has 3 aromatic heterocycles. The molecule has 3 heterocycles. The van der Waals surface area contributed by atoms with Crippen molar-refractivity contribution in [3.05, 3.63) is 58.6 Å². The van der Waals surface area contributed by atoms with E-state index < -0.39 is 0 Å². The normalized spacial score (nSPS) is 11.6. The molecular formula is C20H21N3OS. The third-order valence-electron chi connectivity index (χ3n) is 4.59. The first-order valence-corrected chi connectivity index (χ1v) is 9.57. The molecule has 4 rings (SSSR count). The number of hydrogen-bond donors (Lipinski definition) is 0. The number of imidazole rings is 1. The Kier molecular flexibility index (Phi) is 4.17. The molecule has 128 valence electrons. The van der Waals surface area contributed by atoms with Crippen LogP contribution in [0.1, 0.15) is 31.9 Å². The van der Waals surface area contributed by atoms with E-state index in [9.17, 15) is 4.79 Å². The van der Waals surface area contributed by atoms with Crippen LogP contribution in [0.3, 0.4) is 0 Å². The first-order valence-electron chi connectivity index (χ1n) is 8.76. The molecule has 0 aliphatic rings. The summed E-state index contributed by atoms with van der Waals surface area (Å²) in [5.41, 5.74) is 1.83. The highest BCUT2D eigenvalue weighted by molar-refractivity contribution is 7.22. The van der Waals surface area contributed by atoms with Crippen molar-refractivity contribution in [1.82, 2.24) is 14.0 Å². The van der Waals surface area contributed by atoms with Crippen LogP contribution in [-0.4, -0.2) is 14.0 Å². The second-order valence-electron chi connectivity index (χ2n) is 6.43. The van der Waals surface area contributed by atoms with E-state index in [-0.39, 0.29) is 5.56 Å². The maximum Gasteiger partial charge on any atom is 0.259 e. The fourth-order valence-electron chi connectivity index (χ4n) is 3.23. The van der Waals surface area contributed by atoms with Gasteiger partial charge < -0.3 is 4.57 Å². The highest BCUT2D eigenvalue weighted by Crippen LogP contribution is 2.32. The molecule has 25 heavy (non-hydrogen) atoms. The lowest BCUT2D eigenvalue weighted by Gasteiger charge is -2.11. The summed E-state index contributed by atoms with van der Waals surface area (Å²) < 4.78 is 5.08. The molecule has 4 aromatic rings. The van der Waals surface area contributed by atoms with Gasteiger partial charge in [0.05, 0.1) is 4.88 Å². The standard InChI is InChI=1S/C20H21N3OS/c1-3-4-7-10-22-14(2)11-19(24)23-13-16(21-20(22)23)18-12-15-8-5-6-9-17(15)25-18/h5-6,8-9,11-13H,3-4,7,10H2,1-2H3. The van der Waals surface area contributed by atoms with Crippen LogP contribution < -0.4 is 5.56 Å². The predicted octanol–water partition coefficient (Wildman–Crippen LogP) is 4.88. The van der Waals surface area contributed by atoms with E-state index in [1.54, 1.807) is 21.8 Å². The van der Waals surface area contributed by atoms with Crippen molar-refractivity contribution in [1.29, 1.82) is 0 Å². The molecular weight excluding hydrogens is 330 g/mol. The van der Waals surface area contributed by atoms with Crippen LogP contribution in [-0.2, 0) is 6.54 Å². The summed E-state index contributed by atoms with van der Waals surface area (Å²) in [6, 6.07) is 12.2. The summed E-state index contributed by atoms with van der Waals surface area (Å²) >= 11 is 1.72. The van der Waals surface area contributed by atoms with Gasteiger partial charge in [-0.25, -0.2) is 4.98 Å². The average molecular weight is 351 g/mol. The van der Waals surface area contributed by atoms with Crippen LogP contribution in [0.4, 0.5) is 0 Å². The Balaban J connectivity index is 1.84. The zero-order valence-corrected chi connectivity index (χ0v) is 15.3. The van der Waals surface area contributed by atoms with Crippen LogP contribution >= 0.6 is 11.3 Å². The molecule has 0 aliphatic heterocycles. The van der Waals surface area contributed by atoms with Gasteiger partial charge in [-0.3, -0.25) is 9.20 Å². The van der Waals surface area contributed by atoms with Gasteiger partial charge in [-0.15, -0.1) is 11.3 Å². The number of rotatable bonds is 5. The quantitative estimate of drug-likeness (QED) is 0.481. The van der Waals surface area contributed by atoms with Gasteiger partial charge >= 0.3 is 0 Å². The highest BCUT2D eigenvalue weighted by atomic mass is 32.1. The fourth-order valence-corrected chi connectivity index (χ4v) is 4.25. The number of aryl methyl sites for hydroxylation is 2. The summed E-state index contributed by atoms with van der Waals surface area (Å²) in [5.74, 6) is 0.744. The number of aromatic nitrogens is 3. The van der Waals surface area contributed by atoms with E-state index in [0.29, 0.717) is 0 Å².